The third-order valence-corrected chi connectivity index (χ3v) is 4.93. The van der Waals surface area contributed by atoms with Crippen LogP contribution in [0.4, 0.5) is 0 Å². The van der Waals surface area contributed by atoms with Crippen molar-refractivity contribution in [3.8, 4) is 0 Å². The molecule has 0 bridgehead atoms. The summed E-state index contributed by atoms with van der Waals surface area (Å²) in [6.07, 6.45) is 2.18. The molecule has 144 valence electrons. The third kappa shape index (κ3) is 6.13. The van der Waals surface area contributed by atoms with Crippen LogP contribution in [0.15, 0.2) is 24.3 Å². The van der Waals surface area contributed by atoms with E-state index in [1.807, 2.05) is 20.8 Å². The molecule has 0 spiro atoms. The Hall–Kier alpha value is -1.88. The first-order valence-electron chi connectivity index (χ1n) is 9.63. The molecule has 1 atom stereocenters. The number of hydrogen-bond acceptors (Lipinski definition) is 3. The Bertz CT molecular complexity index is 622. The molecule has 0 saturated heterocycles. The van der Waals surface area contributed by atoms with Crippen molar-refractivity contribution in [3.05, 3.63) is 35.4 Å². The highest BCUT2D eigenvalue weighted by molar-refractivity contribution is 5.81. The van der Waals surface area contributed by atoms with Gasteiger partial charge in [-0.15, -0.1) is 0 Å². The van der Waals surface area contributed by atoms with Crippen LogP contribution in [-0.2, 0) is 22.6 Å². The van der Waals surface area contributed by atoms with Gasteiger partial charge in [-0.05, 0) is 30.9 Å². The van der Waals surface area contributed by atoms with E-state index in [2.05, 4.69) is 46.7 Å². The maximum atomic E-state index is 12.0. The van der Waals surface area contributed by atoms with Crippen LogP contribution >= 0.6 is 0 Å². The summed E-state index contributed by atoms with van der Waals surface area (Å²) in [5.41, 5.74) is 2.45. The molecule has 1 aliphatic rings. The van der Waals surface area contributed by atoms with Gasteiger partial charge in [0, 0.05) is 44.1 Å². The molecule has 1 heterocycles. The minimum Gasteiger partial charge on any atom is -0.356 e. The second-order valence-electron chi connectivity index (χ2n) is 8.25. The molecule has 0 aromatic heterocycles. The highest BCUT2D eigenvalue weighted by atomic mass is 16.2. The molecule has 1 aromatic carbocycles. The van der Waals surface area contributed by atoms with Crippen LogP contribution in [0, 0.1) is 5.41 Å². The molecule has 1 aliphatic heterocycles. The average Bonchev–Trinajstić information content (AvgIpc) is 2.61. The number of nitrogens with one attached hydrogen (secondary N) is 2. The summed E-state index contributed by atoms with van der Waals surface area (Å²) in [6.45, 7) is 11.0. The van der Waals surface area contributed by atoms with Crippen molar-refractivity contribution < 1.29 is 9.59 Å². The van der Waals surface area contributed by atoms with Gasteiger partial charge in [-0.2, -0.15) is 0 Å². The molecule has 5 heteroatoms. The van der Waals surface area contributed by atoms with Crippen LogP contribution in [0.25, 0.3) is 0 Å². The van der Waals surface area contributed by atoms with Crippen molar-refractivity contribution in [2.24, 2.45) is 5.41 Å². The summed E-state index contributed by atoms with van der Waals surface area (Å²) in [5.74, 6) is 0.0798. The van der Waals surface area contributed by atoms with Gasteiger partial charge in [0.05, 0.1) is 0 Å². The molecular weight excluding hydrogens is 326 g/mol. The van der Waals surface area contributed by atoms with Crippen LogP contribution in [-0.4, -0.2) is 42.4 Å². The van der Waals surface area contributed by atoms with Crippen LogP contribution in [0.3, 0.4) is 0 Å². The van der Waals surface area contributed by atoms with Gasteiger partial charge in [-0.1, -0.05) is 45.0 Å². The second-order valence-corrected chi connectivity index (χ2v) is 8.25. The van der Waals surface area contributed by atoms with Gasteiger partial charge in [-0.3, -0.25) is 14.5 Å². The molecule has 26 heavy (non-hydrogen) atoms. The van der Waals surface area contributed by atoms with E-state index in [9.17, 15) is 9.59 Å². The van der Waals surface area contributed by atoms with Crippen LogP contribution in [0.1, 0.15) is 51.7 Å². The third-order valence-electron chi connectivity index (χ3n) is 4.93. The SMILES string of the molecule is CC(CNC(=O)CCCNC(=O)C(C)(C)C)N1CCc2ccccc2C1. The Kier molecular flexibility index (Phi) is 7.21. The first kappa shape index (κ1) is 20.4. The van der Waals surface area contributed by atoms with Gasteiger partial charge in [0.1, 0.15) is 0 Å². The number of hydrogen-bond donors (Lipinski definition) is 2. The van der Waals surface area contributed by atoms with E-state index >= 15 is 0 Å². The van der Waals surface area contributed by atoms with Gasteiger partial charge in [0.25, 0.3) is 0 Å². The molecule has 1 unspecified atom stereocenters. The molecule has 5 nitrogen and oxygen atoms in total. The summed E-state index contributed by atoms with van der Waals surface area (Å²) >= 11 is 0. The lowest BCUT2D eigenvalue weighted by Gasteiger charge is -2.33. The molecule has 0 fully saturated rings. The Morgan fingerprint density at radius 2 is 1.85 bits per heavy atom. The summed E-state index contributed by atoms with van der Waals surface area (Å²) in [4.78, 5) is 26.2. The lowest BCUT2D eigenvalue weighted by Crippen LogP contribution is -2.44. The number of benzene rings is 1. The lowest BCUT2D eigenvalue weighted by atomic mass is 9.96. The van der Waals surface area contributed by atoms with E-state index in [-0.39, 0.29) is 17.2 Å². The predicted octanol–water partition coefficient (Wildman–Crippen LogP) is 2.49. The molecule has 2 rings (SSSR count). The molecule has 0 aliphatic carbocycles. The Morgan fingerprint density at radius 3 is 2.54 bits per heavy atom. The predicted molar refractivity (Wildman–Crippen MR) is 105 cm³/mol. The van der Waals surface area contributed by atoms with Crippen molar-refractivity contribution in [2.45, 2.75) is 59.5 Å². The first-order chi connectivity index (χ1) is 12.3. The molecule has 1 aromatic rings. The summed E-state index contributed by atoms with van der Waals surface area (Å²) < 4.78 is 0. The first-order valence-corrected chi connectivity index (χ1v) is 9.63. The minimum absolute atomic E-state index is 0.0249. The highest BCUT2D eigenvalue weighted by Crippen LogP contribution is 2.20. The van der Waals surface area contributed by atoms with Crippen molar-refractivity contribution in [1.29, 1.82) is 0 Å². The Labute approximate surface area is 157 Å². The topological polar surface area (TPSA) is 61.4 Å². The quantitative estimate of drug-likeness (QED) is 0.735. The number of carbonyl (C=O) groups is 2. The standard InChI is InChI=1S/C21H33N3O2/c1-16(24-13-11-17-8-5-6-9-18(17)15-24)14-23-19(25)10-7-12-22-20(26)21(2,3)4/h5-6,8-9,16H,7,10-15H2,1-4H3,(H,22,26)(H,23,25). The number of rotatable bonds is 7. The zero-order chi connectivity index (χ0) is 19.2. The highest BCUT2D eigenvalue weighted by Gasteiger charge is 2.21. The van der Waals surface area contributed by atoms with E-state index in [4.69, 9.17) is 0 Å². The monoisotopic (exact) mass is 359 g/mol. The minimum atomic E-state index is -0.384. The number of carbonyl (C=O) groups excluding carboxylic acids is 2. The number of fused-ring (bicyclic) bond motifs is 1. The maximum absolute atomic E-state index is 12.0. The van der Waals surface area contributed by atoms with E-state index in [1.54, 1.807) is 0 Å². The van der Waals surface area contributed by atoms with Crippen molar-refractivity contribution in [1.82, 2.24) is 15.5 Å². The second kappa shape index (κ2) is 9.17. The fraction of sp³-hybridized carbons (Fsp3) is 0.619. The van der Waals surface area contributed by atoms with E-state index < -0.39 is 0 Å². The zero-order valence-corrected chi connectivity index (χ0v) is 16.6. The van der Waals surface area contributed by atoms with Crippen molar-refractivity contribution in [2.75, 3.05) is 19.6 Å². The normalized spacial score (nSPS) is 15.8. The Balaban J connectivity index is 1.64. The van der Waals surface area contributed by atoms with Gasteiger partial charge in [0.15, 0.2) is 0 Å². The van der Waals surface area contributed by atoms with E-state index in [0.29, 0.717) is 32.0 Å². The fourth-order valence-corrected chi connectivity index (χ4v) is 3.09. The van der Waals surface area contributed by atoms with Crippen molar-refractivity contribution in [3.63, 3.8) is 0 Å². The number of amides is 2. The maximum Gasteiger partial charge on any atom is 0.225 e. The fourth-order valence-electron chi connectivity index (χ4n) is 3.09. The largest absolute Gasteiger partial charge is 0.356 e. The van der Waals surface area contributed by atoms with E-state index in [0.717, 1.165) is 19.5 Å². The van der Waals surface area contributed by atoms with Gasteiger partial charge >= 0.3 is 0 Å². The van der Waals surface area contributed by atoms with Crippen LogP contribution in [0.2, 0.25) is 0 Å². The molecular formula is C21H33N3O2. The summed E-state index contributed by atoms with van der Waals surface area (Å²) in [5, 5.41) is 5.91. The van der Waals surface area contributed by atoms with Gasteiger partial charge in [-0.25, -0.2) is 0 Å². The molecule has 2 amide bonds. The molecule has 0 saturated carbocycles. The summed E-state index contributed by atoms with van der Waals surface area (Å²) in [6, 6.07) is 8.90. The Morgan fingerprint density at radius 1 is 1.15 bits per heavy atom. The molecule has 0 radical (unpaired) electrons. The zero-order valence-electron chi connectivity index (χ0n) is 16.6. The van der Waals surface area contributed by atoms with Gasteiger partial charge < -0.3 is 10.6 Å². The van der Waals surface area contributed by atoms with Crippen molar-refractivity contribution >= 4 is 11.8 Å². The lowest BCUT2D eigenvalue weighted by molar-refractivity contribution is -0.128. The smallest absolute Gasteiger partial charge is 0.225 e. The summed E-state index contributed by atoms with van der Waals surface area (Å²) in [7, 11) is 0. The van der Waals surface area contributed by atoms with Crippen LogP contribution < -0.4 is 10.6 Å². The number of nitrogens with zero attached hydrogens (tertiary/aromatic N) is 1. The molecule has 2 N–H and O–H groups in total. The average molecular weight is 360 g/mol. The van der Waals surface area contributed by atoms with Crippen LogP contribution in [0.5, 0.6) is 0 Å². The van der Waals surface area contributed by atoms with Gasteiger partial charge in [0.2, 0.25) is 11.8 Å². The van der Waals surface area contributed by atoms with E-state index in [1.165, 1.54) is 11.1 Å².